The molecule has 1 heterocycles. The van der Waals surface area contributed by atoms with Gasteiger partial charge in [0, 0.05) is 18.4 Å². The molecule has 0 bridgehead atoms. The monoisotopic (exact) mass is 218 g/mol. The van der Waals surface area contributed by atoms with Crippen molar-refractivity contribution in [3.8, 4) is 11.4 Å². The summed E-state index contributed by atoms with van der Waals surface area (Å²) in [4.78, 5) is 0. The zero-order chi connectivity index (χ0) is 10.7. The van der Waals surface area contributed by atoms with Crippen molar-refractivity contribution in [3.63, 3.8) is 0 Å². The predicted molar refractivity (Wildman–Crippen MR) is 62.3 cm³/mol. The largest absolute Gasteiger partial charge is 0.302 e. The fourth-order valence-corrected chi connectivity index (χ4v) is 1.95. The second kappa shape index (κ2) is 4.49. The highest BCUT2D eigenvalue weighted by atomic mass is 32.2. The van der Waals surface area contributed by atoms with E-state index in [2.05, 4.69) is 27.9 Å². The third-order valence-corrected chi connectivity index (χ3v) is 2.75. The van der Waals surface area contributed by atoms with Crippen LogP contribution in [-0.4, -0.2) is 14.8 Å². The minimum Gasteiger partial charge on any atom is -0.302 e. The Labute approximate surface area is 93.5 Å². The predicted octanol–water partition coefficient (Wildman–Crippen LogP) is 2.85. The molecule has 0 atom stereocenters. The standard InChI is InChI=1S/C11H12N3S/c1-3-14-10(12-13-11(14)15-2)9-7-5-4-6-8-9/h4-8H,2-3H2,1H3. The molecule has 0 saturated carbocycles. The van der Waals surface area contributed by atoms with Gasteiger partial charge in [-0.3, -0.25) is 0 Å². The number of thioether (sulfide) groups is 1. The molecule has 0 fully saturated rings. The van der Waals surface area contributed by atoms with Crippen molar-refractivity contribution in [2.24, 2.45) is 0 Å². The molecule has 0 aliphatic carbocycles. The Morgan fingerprint density at radius 1 is 1.27 bits per heavy atom. The molecule has 0 saturated heterocycles. The fourth-order valence-electron chi connectivity index (χ4n) is 1.48. The summed E-state index contributed by atoms with van der Waals surface area (Å²) < 4.78 is 2.06. The Kier molecular flexibility index (Phi) is 3.06. The number of aromatic nitrogens is 3. The molecule has 0 aliphatic heterocycles. The van der Waals surface area contributed by atoms with Gasteiger partial charge >= 0.3 is 0 Å². The van der Waals surface area contributed by atoms with Gasteiger partial charge in [-0.25, -0.2) is 0 Å². The Morgan fingerprint density at radius 2 is 2.00 bits per heavy atom. The number of hydrogen-bond acceptors (Lipinski definition) is 3. The molecular formula is C11H12N3S. The first-order valence-electron chi connectivity index (χ1n) is 4.77. The van der Waals surface area contributed by atoms with Crippen molar-refractivity contribution in [2.75, 3.05) is 0 Å². The van der Waals surface area contributed by atoms with Crippen molar-refractivity contribution in [1.82, 2.24) is 14.8 Å². The third kappa shape index (κ3) is 1.90. The van der Waals surface area contributed by atoms with Gasteiger partial charge in [-0.1, -0.05) is 42.1 Å². The van der Waals surface area contributed by atoms with Crippen LogP contribution in [0.1, 0.15) is 6.92 Å². The lowest BCUT2D eigenvalue weighted by atomic mass is 10.2. The summed E-state index contributed by atoms with van der Waals surface area (Å²) >= 11 is 1.37. The van der Waals surface area contributed by atoms with Gasteiger partial charge in [0.05, 0.1) is 0 Å². The highest BCUT2D eigenvalue weighted by molar-refractivity contribution is 8.00. The third-order valence-electron chi connectivity index (χ3n) is 2.19. The molecule has 1 radical (unpaired) electrons. The second-order valence-electron chi connectivity index (χ2n) is 3.06. The number of rotatable bonds is 3. The van der Waals surface area contributed by atoms with E-state index in [1.807, 2.05) is 30.3 Å². The quantitative estimate of drug-likeness (QED) is 0.742. The summed E-state index contributed by atoms with van der Waals surface area (Å²) in [7, 11) is 0. The highest BCUT2D eigenvalue weighted by Crippen LogP contribution is 2.22. The van der Waals surface area contributed by atoms with Crippen LogP contribution in [0.15, 0.2) is 35.5 Å². The van der Waals surface area contributed by atoms with Crippen LogP contribution < -0.4 is 0 Å². The van der Waals surface area contributed by atoms with E-state index < -0.39 is 0 Å². The maximum Gasteiger partial charge on any atom is 0.191 e. The SMILES string of the molecule is [CH2]Sc1nnc(-c2ccccc2)n1CC. The average molecular weight is 218 g/mol. The summed E-state index contributed by atoms with van der Waals surface area (Å²) in [5.41, 5.74) is 1.09. The van der Waals surface area contributed by atoms with E-state index in [0.29, 0.717) is 0 Å². The second-order valence-corrected chi connectivity index (χ2v) is 3.71. The van der Waals surface area contributed by atoms with Crippen LogP contribution in [0, 0.1) is 6.26 Å². The molecule has 3 nitrogen and oxygen atoms in total. The molecule has 15 heavy (non-hydrogen) atoms. The van der Waals surface area contributed by atoms with Crippen LogP contribution in [0.2, 0.25) is 0 Å². The molecule has 0 N–H and O–H groups in total. The molecule has 0 aliphatic rings. The smallest absolute Gasteiger partial charge is 0.191 e. The first-order chi connectivity index (χ1) is 7.36. The van der Waals surface area contributed by atoms with Crippen LogP contribution in [0.5, 0.6) is 0 Å². The lowest BCUT2D eigenvalue weighted by Gasteiger charge is -2.05. The van der Waals surface area contributed by atoms with E-state index >= 15 is 0 Å². The number of hydrogen-bond donors (Lipinski definition) is 0. The molecule has 77 valence electrons. The maximum absolute atomic E-state index is 4.18. The van der Waals surface area contributed by atoms with Gasteiger partial charge in [-0.2, -0.15) is 0 Å². The van der Waals surface area contributed by atoms with Gasteiger partial charge in [0.2, 0.25) is 0 Å². The normalized spacial score (nSPS) is 10.5. The molecule has 1 aromatic heterocycles. The Hall–Kier alpha value is -1.29. The highest BCUT2D eigenvalue weighted by Gasteiger charge is 2.10. The summed E-state index contributed by atoms with van der Waals surface area (Å²) in [6.45, 7) is 2.94. The lowest BCUT2D eigenvalue weighted by molar-refractivity contribution is 0.688. The van der Waals surface area contributed by atoms with Crippen LogP contribution in [0.25, 0.3) is 11.4 Å². The number of nitrogens with zero attached hydrogens (tertiary/aromatic N) is 3. The molecule has 2 aromatic rings. The molecule has 1 aromatic carbocycles. The van der Waals surface area contributed by atoms with Gasteiger partial charge in [0.15, 0.2) is 11.0 Å². The van der Waals surface area contributed by atoms with Gasteiger partial charge in [-0.15, -0.1) is 10.2 Å². The molecule has 0 spiro atoms. The van der Waals surface area contributed by atoms with E-state index in [9.17, 15) is 0 Å². The first-order valence-corrected chi connectivity index (χ1v) is 5.76. The van der Waals surface area contributed by atoms with E-state index in [1.165, 1.54) is 11.8 Å². The van der Waals surface area contributed by atoms with E-state index in [-0.39, 0.29) is 0 Å². The average Bonchev–Trinajstić information content (AvgIpc) is 2.72. The summed E-state index contributed by atoms with van der Waals surface area (Å²) in [6.07, 6.45) is 3.76. The summed E-state index contributed by atoms with van der Waals surface area (Å²) in [5.74, 6) is 0.907. The molecule has 0 amide bonds. The van der Waals surface area contributed by atoms with Gasteiger partial charge in [0.25, 0.3) is 0 Å². The molecule has 4 heteroatoms. The topological polar surface area (TPSA) is 30.7 Å². The van der Waals surface area contributed by atoms with Crippen molar-refractivity contribution < 1.29 is 0 Å². The molecule has 2 rings (SSSR count). The van der Waals surface area contributed by atoms with E-state index in [0.717, 1.165) is 23.1 Å². The van der Waals surface area contributed by atoms with Gasteiger partial charge < -0.3 is 4.57 Å². The Bertz CT molecular complexity index is 436. The fraction of sp³-hybridized carbons (Fsp3) is 0.182. The summed E-state index contributed by atoms with van der Waals surface area (Å²) in [6, 6.07) is 10.1. The number of benzene rings is 1. The van der Waals surface area contributed by atoms with Crippen LogP contribution in [0.4, 0.5) is 0 Å². The Balaban J connectivity index is 2.49. The first kappa shape index (κ1) is 10.2. The zero-order valence-electron chi connectivity index (χ0n) is 8.55. The van der Waals surface area contributed by atoms with Crippen LogP contribution >= 0.6 is 11.8 Å². The van der Waals surface area contributed by atoms with Crippen LogP contribution in [0.3, 0.4) is 0 Å². The van der Waals surface area contributed by atoms with Gasteiger partial charge in [0.1, 0.15) is 0 Å². The van der Waals surface area contributed by atoms with Gasteiger partial charge in [-0.05, 0) is 6.92 Å². The van der Waals surface area contributed by atoms with Crippen molar-refractivity contribution in [3.05, 3.63) is 36.6 Å². The van der Waals surface area contributed by atoms with Crippen molar-refractivity contribution in [1.29, 1.82) is 0 Å². The molecular weight excluding hydrogens is 206 g/mol. The van der Waals surface area contributed by atoms with Crippen molar-refractivity contribution in [2.45, 2.75) is 18.6 Å². The van der Waals surface area contributed by atoms with Crippen LogP contribution in [-0.2, 0) is 6.54 Å². The lowest BCUT2D eigenvalue weighted by Crippen LogP contribution is -1.98. The summed E-state index contributed by atoms with van der Waals surface area (Å²) in [5, 5.41) is 9.13. The molecule has 0 unspecified atom stereocenters. The minimum atomic E-state index is 0.856. The van der Waals surface area contributed by atoms with E-state index in [1.54, 1.807) is 0 Å². The zero-order valence-corrected chi connectivity index (χ0v) is 9.37. The minimum absolute atomic E-state index is 0.856. The van der Waals surface area contributed by atoms with Crippen molar-refractivity contribution >= 4 is 11.8 Å². The van der Waals surface area contributed by atoms with E-state index in [4.69, 9.17) is 0 Å². The Morgan fingerprint density at radius 3 is 2.60 bits per heavy atom. The maximum atomic E-state index is 4.18.